The summed E-state index contributed by atoms with van der Waals surface area (Å²) >= 11 is 0. The molecule has 4 aromatic rings. The fourth-order valence-electron chi connectivity index (χ4n) is 3.90. The van der Waals surface area contributed by atoms with E-state index < -0.39 is 12.0 Å². The van der Waals surface area contributed by atoms with Gasteiger partial charge in [0, 0.05) is 30.1 Å². The van der Waals surface area contributed by atoms with Crippen molar-refractivity contribution in [2.45, 2.75) is 39.5 Å². The Bertz CT molecular complexity index is 1250. The number of hydrogen-bond donors (Lipinski definition) is 3. The summed E-state index contributed by atoms with van der Waals surface area (Å²) in [5.74, 6) is 0.436. The molecule has 0 fully saturated rings. The molecule has 3 N–H and O–H groups in total. The Morgan fingerprint density at radius 3 is 2.53 bits per heavy atom. The highest BCUT2D eigenvalue weighted by Crippen LogP contribution is 2.29. The molecule has 34 heavy (non-hydrogen) atoms. The SMILES string of the molecule is CCOc1cc(CNC(Cc2c[nH]c3ccccc23)C(=O)O)ccc1OCc1ccc(C)cc1. The number of aromatic nitrogens is 1. The number of fused-ring (bicyclic) bond motifs is 1. The molecule has 1 atom stereocenters. The molecule has 0 aliphatic carbocycles. The maximum absolute atomic E-state index is 11.9. The van der Waals surface area contributed by atoms with Crippen molar-refractivity contribution >= 4 is 16.9 Å². The number of benzene rings is 3. The van der Waals surface area contributed by atoms with Crippen LogP contribution in [0.25, 0.3) is 10.9 Å². The number of para-hydroxylation sites is 1. The van der Waals surface area contributed by atoms with Crippen LogP contribution in [0.4, 0.5) is 0 Å². The van der Waals surface area contributed by atoms with E-state index in [4.69, 9.17) is 9.47 Å². The van der Waals surface area contributed by atoms with Crippen molar-refractivity contribution in [3.05, 3.63) is 95.2 Å². The van der Waals surface area contributed by atoms with Gasteiger partial charge in [0.15, 0.2) is 11.5 Å². The summed E-state index contributed by atoms with van der Waals surface area (Å²) < 4.78 is 11.8. The minimum atomic E-state index is -0.881. The molecule has 0 aliphatic heterocycles. The Morgan fingerprint density at radius 2 is 1.76 bits per heavy atom. The van der Waals surface area contributed by atoms with E-state index in [0.717, 1.165) is 27.6 Å². The molecule has 6 heteroatoms. The molecule has 1 aromatic heterocycles. The van der Waals surface area contributed by atoms with Gasteiger partial charge in [-0.3, -0.25) is 4.79 Å². The molecule has 0 saturated heterocycles. The molecule has 176 valence electrons. The number of H-pyrrole nitrogens is 1. The Labute approximate surface area is 199 Å². The van der Waals surface area contributed by atoms with Gasteiger partial charge in [0.1, 0.15) is 12.6 Å². The van der Waals surface area contributed by atoms with E-state index in [0.29, 0.717) is 37.7 Å². The minimum absolute atomic E-state index is 0.384. The maximum atomic E-state index is 11.9. The number of aliphatic carboxylic acids is 1. The lowest BCUT2D eigenvalue weighted by atomic mass is 10.0. The van der Waals surface area contributed by atoms with Gasteiger partial charge in [0.05, 0.1) is 6.61 Å². The lowest BCUT2D eigenvalue weighted by molar-refractivity contribution is -0.139. The number of carbonyl (C=O) groups is 1. The first kappa shape index (κ1) is 23.4. The van der Waals surface area contributed by atoms with E-state index in [1.165, 1.54) is 5.56 Å². The first-order valence-corrected chi connectivity index (χ1v) is 11.5. The monoisotopic (exact) mass is 458 g/mol. The van der Waals surface area contributed by atoms with Crippen LogP contribution < -0.4 is 14.8 Å². The quantitative estimate of drug-likeness (QED) is 0.286. The number of carboxylic acids is 1. The highest BCUT2D eigenvalue weighted by atomic mass is 16.5. The number of aromatic amines is 1. The van der Waals surface area contributed by atoms with Gasteiger partial charge in [0.25, 0.3) is 0 Å². The van der Waals surface area contributed by atoms with Crippen LogP contribution in [0.3, 0.4) is 0 Å². The average molecular weight is 459 g/mol. The fraction of sp³-hybridized carbons (Fsp3) is 0.250. The molecule has 0 bridgehead atoms. The van der Waals surface area contributed by atoms with E-state index in [1.807, 2.05) is 67.7 Å². The van der Waals surface area contributed by atoms with E-state index in [2.05, 4.69) is 29.4 Å². The van der Waals surface area contributed by atoms with Crippen LogP contribution in [-0.2, 0) is 24.4 Å². The van der Waals surface area contributed by atoms with E-state index in [-0.39, 0.29) is 0 Å². The van der Waals surface area contributed by atoms with Crippen LogP contribution >= 0.6 is 0 Å². The van der Waals surface area contributed by atoms with Gasteiger partial charge in [-0.05, 0) is 48.7 Å². The highest BCUT2D eigenvalue weighted by Gasteiger charge is 2.19. The first-order valence-electron chi connectivity index (χ1n) is 11.5. The van der Waals surface area contributed by atoms with Crippen LogP contribution in [0, 0.1) is 6.92 Å². The smallest absolute Gasteiger partial charge is 0.321 e. The predicted molar refractivity (Wildman–Crippen MR) is 133 cm³/mol. The lowest BCUT2D eigenvalue weighted by Crippen LogP contribution is -2.38. The third-order valence-corrected chi connectivity index (χ3v) is 5.77. The van der Waals surface area contributed by atoms with Crippen LogP contribution in [0.15, 0.2) is 72.9 Å². The summed E-state index contributed by atoms with van der Waals surface area (Å²) in [6.07, 6.45) is 2.27. The third kappa shape index (κ3) is 5.77. The van der Waals surface area contributed by atoms with Crippen molar-refractivity contribution in [1.29, 1.82) is 0 Å². The Balaban J connectivity index is 1.42. The van der Waals surface area contributed by atoms with Crippen LogP contribution in [-0.4, -0.2) is 28.7 Å². The zero-order chi connectivity index (χ0) is 23.9. The van der Waals surface area contributed by atoms with Gasteiger partial charge in [-0.15, -0.1) is 0 Å². The topological polar surface area (TPSA) is 83.6 Å². The van der Waals surface area contributed by atoms with Gasteiger partial charge in [0.2, 0.25) is 0 Å². The van der Waals surface area contributed by atoms with E-state index in [1.54, 1.807) is 0 Å². The maximum Gasteiger partial charge on any atom is 0.321 e. The summed E-state index contributed by atoms with van der Waals surface area (Å²) in [5.41, 5.74) is 5.20. The molecule has 0 aliphatic rings. The summed E-state index contributed by atoms with van der Waals surface area (Å²) in [6.45, 7) is 5.34. The Morgan fingerprint density at radius 1 is 1.00 bits per heavy atom. The molecule has 6 nitrogen and oxygen atoms in total. The highest BCUT2D eigenvalue weighted by molar-refractivity contribution is 5.84. The molecule has 0 saturated carbocycles. The molecular weight excluding hydrogens is 428 g/mol. The largest absolute Gasteiger partial charge is 0.490 e. The summed E-state index contributed by atoms with van der Waals surface area (Å²) in [6, 6.07) is 21.1. The van der Waals surface area contributed by atoms with Crippen molar-refractivity contribution in [1.82, 2.24) is 10.3 Å². The van der Waals surface area contributed by atoms with Crippen molar-refractivity contribution in [2.24, 2.45) is 0 Å². The third-order valence-electron chi connectivity index (χ3n) is 5.77. The number of hydrogen-bond acceptors (Lipinski definition) is 4. The zero-order valence-corrected chi connectivity index (χ0v) is 19.5. The summed E-state index contributed by atoms with van der Waals surface area (Å²) in [4.78, 5) is 15.1. The summed E-state index contributed by atoms with van der Waals surface area (Å²) in [5, 5.41) is 14.0. The number of nitrogens with one attached hydrogen (secondary N) is 2. The first-order chi connectivity index (χ1) is 16.5. The fourth-order valence-corrected chi connectivity index (χ4v) is 3.90. The standard InChI is InChI=1S/C28H30N2O4/c1-3-33-27-14-21(12-13-26(27)34-18-20-10-8-19(2)9-11-20)16-29-25(28(31)32)15-22-17-30-24-7-5-4-6-23(22)24/h4-14,17,25,29-30H,3,15-16,18H2,1-2H3,(H,31,32). The van der Waals surface area contributed by atoms with Crippen LogP contribution in [0.1, 0.15) is 29.2 Å². The summed E-state index contributed by atoms with van der Waals surface area (Å²) in [7, 11) is 0. The number of aryl methyl sites for hydroxylation is 1. The average Bonchev–Trinajstić information content (AvgIpc) is 3.25. The Hall–Kier alpha value is -3.77. The molecule has 4 rings (SSSR count). The number of ether oxygens (including phenoxy) is 2. The number of carboxylic acid groups (broad SMARTS) is 1. The van der Waals surface area contributed by atoms with Crippen molar-refractivity contribution in [2.75, 3.05) is 6.61 Å². The van der Waals surface area contributed by atoms with Crippen molar-refractivity contribution < 1.29 is 19.4 Å². The van der Waals surface area contributed by atoms with E-state index >= 15 is 0 Å². The van der Waals surface area contributed by atoms with Crippen LogP contribution in [0.2, 0.25) is 0 Å². The zero-order valence-electron chi connectivity index (χ0n) is 19.5. The van der Waals surface area contributed by atoms with Gasteiger partial charge >= 0.3 is 5.97 Å². The molecular formula is C28H30N2O4. The second kappa shape index (κ2) is 10.9. The van der Waals surface area contributed by atoms with E-state index in [9.17, 15) is 9.90 Å². The lowest BCUT2D eigenvalue weighted by Gasteiger charge is -2.16. The van der Waals surface area contributed by atoms with Gasteiger partial charge in [-0.25, -0.2) is 0 Å². The molecule has 0 spiro atoms. The van der Waals surface area contributed by atoms with Gasteiger partial charge in [-0.2, -0.15) is 0 Å². The van der Waals surface area contributed by atoms with Crippen molar-refractivity contribution in [3.8, 4) is 11.5 Å². The molecule has 0 amide bonds. The second-order valence-electron chi connectivity index (χ2n) is 8.32. The van der Waals surface area contributed by atoms with Gasteiger partial charge in [-0.1, -0.05) is 54.1 Å². The molecule has 1 heterocycles. The normalized spacial score (nSPS) is 11.9. The second-order valence-corrected chi connectivity index (χ2v) is 8.32. The van der Waals surface area contributed by atoms with Gasteiger partial charge < -0.3 is 24.9 Å². The Kier molecular flexibility index (Phi) is 7.50. The number of rotatable bonds is 11. The molecule has 0 radical (unpaired) electrons. The predicted octanol–water partition coefficient (Wildman–Crippen LogP) is 5.24. The molecule has 1 unspecified atom stereocenters. The minimum Gasteiger partial charge on any atom is -0.490 e. The van der Waals surface area contributed by atoms with Crippen molar-refractivity contribution in [3.63, 3.8) is 0 Å². The van der Waals surface area contributed by atoms with Crippen LogP contribution in [0.5, 0.6) is 11.5 Å². The molecule has 3 aromatic carbocycles.